The summed E-state index contributed by atoms with van der Waals surface area (Å²) in [5, 5.41) is 17.5. The van der Waals surface area contributed by atoms with Crippen molar-refractivity contribution >= 4 is 24.7 Å². The second-order valence-corrected chi connectivity index (χ2v) is 3.08. The third-order valence-electron chi connectivity index (χ3n) is 1.56. The first kappa shape index (κ1) is 11.0. The zero-order valence-corrected chi connectivity index (χ0v) is 8.15. The average Bonchev–Trinajstić information content (AvgIpc) is 2.01. The largest absolute Gasteiger partial charge is 0.707 e. The van der Waals surface area contributed by atoms with Gasteiger partial charge >= 0.3 is 7.32 Å². The molecular weight excluding hydrogens is 206 g/mol. The van der Waals surface area contributed by atoms with E-state index in [4.69, 9.17) is 21.6 Å². The minimum atomic E-state index is -1.97. The highest BCUT2D eigenvalue weighted by Gasteiger charge is 2.16. The predicted molar refractivity (Wildman–Crippen MR) is 52.3 cm³/mol. The maximum absolute atomic E-state index is 11.1. The van der Waals surface area contributed by atoms with Gasteiger partial charge < -0.3 is 14.7 Å². The Morgan fingerprint density at radius 3 is 2.64 bits per heavy atom. The molecule has 0 unspecified atom stereocenters. The van der Waals surface area contributed by atoms with Crippen molar-refractivity contribution in [2.45, 2.75) is 6.92 Å². The molecule has 0 radical (unpaired) electrons. The van der Waals surface area contributed by atoms with Gasteiger partial charge in [0.15, 0.2) is 5.78 Å². The molecule has 0 fully saturated rings. The van der Waals surface area contributed by atoms with Crippen molar-refractivity contribution in [2.75, 3.05) is 0 Å². The molecule has 1 aromatic rings. The molecule has 2 N–H and O–H groups in total. The quantitative estimate of drug-likeness (QED) is 0.579. The fourth-order valence-corrected chi connectivity index (χ4v) is 1.16. The van der Waals surface area contributed by atoms with Gasteiger partial charge in [0.05, 0.1) is 5.56 Å². The van der Waals surface area contributed by atoms with E-state index < -0.39 is 7.32 Å². The zero-order valence-electron chi connectivity index (χ0n) is 7.40. The summed E-state index contributed by atoms with van der Waals surface area (Å²) in [5.74, 6) is -0.183. The smallest absolute Gasteiger partial charge is 0.511 e. The summed E-state index contributed by atoms with van der Waals surface area (Å²) in [7, 11) is -1.97. The van der Waals surface area contributed by atoms with Crippen molar-refractivity contribution in [3.63, 3.8) is 0 Å². The number of Topliss-reactive ketones (excluding diaryl/α,β-unsaturated/α-hetero) is 1. The molecule has 0 bridgehead atoms. The fraction of sp³-hybridized carbons (Fsp3) is 0.125. The van der Waals surface area contributed by atoms with Gasteiger partial charge in [-0.1, -0.05) is 11.6 Å². The highest BCUT2D eigenvalue weighted by Crippen LogP contribution is 2.23. The van der Waals surface area contributed by atoms with E-state index in [0.717, 1.165) is 0 Å². The molecule has 1 rings (SSSR count). The Kier molecular flexibility index (Phi) is 3.52. The molecular formula is C8H8BClO4. The van der Waals surface area contributed by atoms with E-state index in [-0.39, 0.29) is 17.1 Å². The number of rotatable bonds is 3. The van der Waals surface area contributed by atoms with Gasteiger partial charge in [0.25, 0.3) is 0 Å². The molecule has 0 aliphatic heterocycles. The first-order valence-corrected chi connectivity index (χ1v) is 4.22. The molecule has 0 saturated carbocycles. The van der Waals surface area contributed by atoms with Crippen molar-refractivity contribution in [1.82, 2.24) is 0 Å². The lowest BCUT2D eigenvalue weighted by Crippen LogP contribution is -2.21. The van der Waals surface area contributed by atoms with Crippen LogP contribution in [0.25, 0.3) is 0 Å². The van der Waals surface area contributed by atoms with Crippen LogP contribution in [0.4, 0.5) is 0 Å². The molecule has 74 valence electrons. The van der Waals surface area contributed by atoms with Gasteiger partial charge in [-0.25, -0.2) is 0 Å². The van der Waals surface area contributed by atoms with Crippen LogP contribution in [0.3, 0.4) is 0 Å². The van der Waals surface area contributed by atoms with Crippen molar-refractivity contribution in [2.24, 2.45) is 0 Å². The number of hydrogen-bond acceptors (Lipinski definition) is 4. The molecule has 1 aromatic carbocycles. The van der Waals surface area contributed by atoms with Gasteiger partial charge in [-0.3, -0.25) is 4.79 Å². The normalized spacial score (nSPS) is 9.71. The Morgan fingerprint density at radius 2 is 2.14 bits per heavy atom. The number of ketones is 1. The molecule has 0 aliphatic carbocycles. The summed E-state index contributed by atoms with van der Waals surface area (Å²) in [5.41, 5.74) is 0.252. The number of carbonyl (C=O) groups is 1. The van der Waals surface area contributed by atoms with E-state index in [0.29, 0.717) is 5.02 Å². The van der Waals surface area contributed by atoms with E-state index in [1.165, 1.54) is 25.1 Å². The Balaban J connectivity index is 3.09. The lowest BCUT2D eigenvalue weighted by atomic mass is 10.1. The SMILES string of the molecule is CC(=O)c1ccc(Cl)cc1OB(O)O. The van der Waals surface area contributed by atoms with Gasteiger partial charge in [0.2, 0.25) is 0 Å². The van der Waals surface area contributed by atoms with Crippen molar-refractivity contribution in [3.05, 3.63) is 28.8 Å². The van der Waals surface area contributed by atoms with Crippen LogP contribution in [0.1, 0.15) is 17.3 Å². The van der Waals surface area contributed by atoms with Crippen LogP contribution in [-0.2, 0) is 0 Å². The molecule has 0 aromatic heterocycles. The van der Waals surface area contributed by atoms with E-state index in [2.05, 4.69) is 4.65 Å². The summed E-state index contributed by atoms with van der Waals surface area (Å²) >= 11 is 5.65. The van der Waals surface area contributed by atoms with E-state index in [1.54, 1.807) is 0 Å². The predicted octanol–water partition coefficient (Wildman–Crippen LogP) is 0.891. The zero-order chi connectivity index (χ0) is 10.7. The third-order valence-corrected chi connectivity index (χ3v) is 1.79. The minimum absolute atomic E-state index is 0.0556. The van der Waals surface area contributed by atoms with Gasteiger partial charge in [-0.2, -0.15) is 0 Å². The average molecular weight is 214 g/mol. The molecule has 0 heterocycles. The standard InChI is InChI=1S/C8H8BClO4/c1-5(11)7-3-2-6(10)4-8(7)14-9(12)13/h2-4,12-13H,1H3. The number of carbonyl (C=O) groups excluding carboxylic acids is 1. The summed E-state index contributed by atoms with van der Waals surface area (Å²) < 4.78 is 4.59. The van der Waals surface area contributed by atoms with Gasteiger partial charge in [0, 0.05) is 5.02 Å². The highest BCUT2D eigenvalue weighted by atomic mass is 35.5. The number of halogens is 1. The molecule has 0 spiro atoms. The van der Waals surface area contributed by atoms with Crippen LogP contribution in [0.5, 0.6) is 5.75 Å². The Labute approximate surface area is 86.3 Å². The molecule has 0 aliphatic rings. The maximum Gasteiger partial charge on any atom is 0.707 e. The van der Waals surface area contributed by atoms with Crippen LogP contribution in [0.15, 0.2) is 18.2 Å². The monoisotopic (exact) mass is 214 g/mol. The van der Waals surface area contributed by atoms with Crippen LogP contribution in [0, 0.1) is 0 Å². The van der Waals surface area contributed by atoms with Gasteiger partial charge in [0.1, 0.15) is 5.75 Å². The van der Waals surface area contributed by atoms with Crippen LogP contribution >= 0.6 is 11.6 Å². The number of hydrogen-bond donors (Lipinski definition) is 2. The van der Waals surface area contributed by atoms with Crippen LogP contribution < -0.4 is 4.65 Å². The first-order chi connectivity index (χ1) is 6.50. The van der Waals surface area contributed by atoms with Gasteiger partial charge in [-0.15, -0.1) is 0 Å². The fourth-order valence-electron chi connectivity index (χ4n) is 0.998. The second kappa shape index (κ2) is 4.46. The summed E-state index contributed by atoms with van der Waals surface area (Å²) in [6.45, 7) is 1.35. The second-order valence-electron chi connectivity index (χ2n) is 2.64. The summed E-state index contributed by atoms with van der Waals surface area (Å²) in [6.07, 6.45) is 0. The third kappa shape index (κ3) is 2.73. The first-order valence-electron chi connectivity index (χ1n) is 3.84. The van der Waals surface area contributed by atoms with Crippen molar-refractivity contribution in [3.8, 4) is 5.75 Å². The molecule has 14 heavy (non-hydrogen) atoms. The molecule has 6 heteroatoms. The van der Waals surface area contributed by atoms with E-state index in [1.807, 2.05) is 0 Å². The number of benzene rings is 1. The maximum atomic E-state index is 11.1. The summed E-state index contributed by atoms with van der Waals surface area (Å²) in [4.78, 5) is 11.1. The van der Waals surface area contributed by atoms with Crippen LogP contribution in [-0.4, -0.2) is 23.2 Å². The Bertz CT molecular complexity index is 353. The lowest BCUT2D eigenvalue weighted by molar-refractivity contribution is 0.101. The molecule has 0 atom stereocenters. The Morgan fingerprint density at radius 1 is 1.50 bits per heavy atom. The van der Waals surface area contributed by atoms with Crippen molar-refractivity contribution < 1.29 is 19.5 Å². The lowest BCUT2D eigenvalue weighted by Gasteiger charge is -2.08. The van der Waals surface area contributed by atoms with Crippen molar-refractivity contribution in [1.29, 1.82) is 0 Å². The molecule has 4 nitrogen and oxygen atoms in total. The van der Waals surface area contributed by atoms with Crippen LogP contribution in [0.2, 0.25) is 5.02 Å². The van der Waals surface area contributed by atoms with E-state index >= 15 is 0 Å². The van der Waals surface area contributed by atoms with E-state index in [9.17, 15) is 4.79 Å². The van der Waals surface area contributed by atoms with Gasteiger partial charge in [-0.05, 0) is 25.1 Å². The highest BCUT2D eigenvalue weighted by molar-refractivity contribution is 6.34. The summed E-state index contributed by atoms with van der Waals surface area (Å²) in [6, 6.07) is 4.33. The minimum Gasteiger partial charge on any atom is -0.511 e. The topological polar surface area (TPSA) is 66.8 Å². The molecule has 0 saturated heterocycles. The molecule has 0 amide bonds. The Hall–Kier alpha value is -1.04.